The number of carbonyl (C=O) groups excluding carboxylic acids is 1. The molecule has 2 aromatic carbocycles. The standard InChI is InChI=1S/C21H24FNOS/c1-16(25-15-21(24)23-13-5-2-6-14-23)17-9-11-18(12-10-17)19-7-3-4-8-20(19)22/h3-4,7-12,16H,2,5-6,13-15H2,1H3. The van der Waals surface area contributed by atoms with E-state index in [1.165, 1.54) is 12.5 Å². The molecule has 0 aromatic heterocycles. The lowest BCUT2D eigenvalue weighted by atomic mass is 10.0. The first kappa shape index (κ1) is 18.0. The normalized spacial score (nSPS) is 15.8. The van der Waals surface area contributed by atoms with Crippen LogP contribution in [0.1, 0.15) is 37.0 Å². The van der Waals surface area contributed by atoms with Crippen LogP contribution in [0.25, 0.3) is 11.1 Å². The van der Waals surface area contributed by atoms with Gasteiger partial charge in [-0.3, -0.25) is 4.79 Å². The molecule has 132 valence electrons. The van der Waals surface area contributed by atoms with Gasteiger partial charge in [-0.25, -0.2) is 4.39 Å². The lowest BCUT2D eigenvalue weighted by Gasteiger charge is -2.27. The van der Waals surface area contributed by atoms with Crippen molar-refractivity contribution in [3.8, 4) is 11.1 Å². The fourth-order valence-electron chi connectivity index (χ4n) is 3.16. The molecule has 1 aliphatic heterocycles. The third kappa shape index (κ3) is 4.63. The number of amides is 1. The van der Waals surface area contributed by atoms with E-state index in [4.69, 9.17) is 0 Å². The van der Waals surface area contributed by atoms with Crippen LogP contribution in [0.4, 0.5) is 4.39 Å². The number of carbonyl (C=O) groups is 1. The number of rotatable bonds is 5. The highest BCUT2D eigenvalue weighted by Gasteiger charge is 2.18. The Bertz CT molecular complexity index is 710. The number of likely N-dealkylation sites (tertiary alicyclic amines) is 1. The molecule has 1 amide bonds. The van der Waals surface area contributed by atoms with E-state index in [1.54, 1.807) is 23.9 Å². The molecule has 2 aromatic rings. The minimum Gasteiger partial charge on any atom is -0.342 e. The Morgan fingerprint density at radius 1 is 1.08 bits per heavy atom. The highest BCUT2D eigenvalue weighted by atomic mass is 32.2. The van der Waals surface area contributed by atoms with Crippen LogP contribution in [0.5, 0.6) is 0 Å². The molecule has 4 heteroatoms. The Morgan fingerprint density at radius 3 is 2.44 bits per heavy atom. The smallest absolute Gasteiger partial charge is 0.232 e. The molecule has 2 nitrogen and oxygen atoms in total. The van der Waals surface area contributed by atoms with Crippen molar-refractivity contribution in [1.29, 1.82) is 0 Å². The number of hydrogen-bond acceptors (Lipinski definition) is 2. The van der Waals surface area contributed by atoms with Crippen molar-refractivity contribution in [2.24, 2.45) is 0 Å². The minimum absolute atomic E-state index is 0.204. The number of halogens is 1. The summed E-state index contributed by atoms with van der Waals surface area (Å²) >= 11 is 1.67. The van der Waals surface area contributed by atoms with Crippen molar-refractivity contribution < 1.29 is 9.18 Å². The highest BCUT2D eigenvalue weighted by molar-refractivity contribution is 8.00. The van der Waals surface area contributed by atoms with Crippen molar-refractivity contribution in [2.75, 3.05) is 18.8 Å². The van der Waals surface area contributed by atoms with Crippen molar-refractivity contribution in [1.82, 2.24) is 4.90 Å². The summed E-state index contributed by atoms with van der Waals surface area (Å²) in [7, 11) is 0. The van der Waals surface area contributed by atoms with Crippen molar-refractivity contribution in [2.45, 2.75) is 31.4 Å². The van der Waals surface area contributed by atoms with Crippen molar-refractivity contribution in [3.05, 3.63) is 59.9 Å². The zero-order chi connectivity index (χ0) is 17.6. The molecule has 0 spiro atoms. The van der Waals surface area contributed by atoms with Crippen LogP contribution in [-0.4, -0.2) is 29.6 Å². The van der Waals surface area contributed by atoms with Gasteiger partial charge in [0, 0.05) is 23.9 Å². The van der Waals surface area contributed by atoms with Gasteiger partial charge in [-0.1, -0.05) is 42.5 Å². The maximum atomic E-state index is 13.9. The van der Waals surface area contributed by atoms with Gasteiger partial charge in [-0.15, -0.1) is 11.8 Å². The zero-order valence-electron chi connectivity index (χ0n) is 14.6. The Labute approximate surface area is 153 Å². The number of piperidine rings is 1. The number of hydrogen-bond donors (Lipinski definition) is 0. The molecule has 0 bridgehead atoms. The first-order valence-electron chi connectivity index (χ1n) is 8.89. The topological polar surface area (TPSA) is 20.3 Å². The minimum atomic E-state index is -0.204. The molecule has 1 unspecified atom stereocenters. The van der Waals surface area contributed by atoms with E-state index < -0.39 is 0 Å². The molecule has 0 aliphatic carbocycles. The van der Waals surface area contributed by atoms with Crippen LogP contribution in [-0.2, 0) is 4.79 Å². The van der Waals surface area contributed by atoms with E-state index in [9.17, 15) is 9.18 Å². The van der Waals surface area contributed by atoms with E-state index in [0.29, 0.717) is 11.3 Å². The summed E-state index contributed by atoms with van der Waals surface area (Å²) in [5.41, 5.74) is 2.66. The first-order chi connectivity index (χ1) is 12.1. The van der Waals surface area contributed by atoms with Gasteiger partial charge < -0.3 is 4.90 Å². The summed E-state index contributed by atoms with van der Waals surface area (Å²) in [6, 6.07) is 14.8. The quantitative estimate of drug-likeness (QED) is 0.724. The lowest BCUT2D eigenvalue weighted by Crippen LogP contribution is -2.36. The summed E-state index contributed by atoms with van der Waals surface area (Å²) in [4.78, 5) is 14.3. The summed E-state index contributed by atoms with van der Waals surface area (Å²) in [6.45, 7) is 3.93. The zero-order valence-corrected chi connectivity index (χ0v) is 15.4. The monoisotopic (exact) mass is 357 g/mol. The third-order valence-electron chi connectivity index (χ3n) is 4.73. The fraction of sp³-hybridized carbons (Fsp3) is 0.381. The van der Waals surface area contributed by atoms with E-state index in [0.717, 1.165) is 37.1 Å². The van der Waals surface area contributed by atoms with Gasteiger partial charge in [0.1, 0.15) is 5.82 Å². The van der Waals surface area contributed by atoms with Crippen LogP contribution < -0.4 is 0 Å². The Balaban J connectivity index is 1.58. The summed E-state index contributed by atoms with van der Waals surface area (Å²) < 4.78 is 13.9. The van der Waals surface area contributed by atoms with Gasteiger partial charge in [0.25, 0.3) is 0 Å². The molecule has 1 saturated heterocycles. The van der Waals surface area contributed by atoms with E-state index in [1.807, 2.05) is 35.2 Å². The Kier molecular flexibility index (Phi) is 6.14. The molecule has 3 rings (SSSR count). The molecule has 0 saturated carbocycles. The summed E-state index contributed by atoms with van der Waals surface area (Å²) in [5, 5.41) is 0.239. The van der Waals surface area contributed by atoms with E-state index in [-0.39, 0.29) is 17.0 Å². The molecular formula is C21H24FNOS. The average Bonchev–Trinajstić information content (AvgIpc) is 2.67. The SMILES string of the molecule is CC(SCC(=O)N1CCCCC1)c1ccc(-c2ccccc2F)cc1. The lowest BCUT2D eigenvalue weighted by molar-refractivity contribution is -0.129. The second-order valence-corrected chi connectivity index (χ2v) is 7.83. The second kappa shape index (κ2) is 8.52. The first-order valence-corrected chi connectivity index (χ1v) is 9.94. The number of benzene rings is 2. The molecule has 1 atom stereocenters. The number of thioether (sulfide) groups is 1. The highest BCUT2D eigenvalue weighted by Crippen LogP contribution is 2.31. The van der Waals surface area contributed by atoms with Gasteiger partial charge in [-0.2, -0.15) is 0 Å². The summed E-state index contributed by atoms with van der Waals surface area (Å²) in [5.74, 6) is 0.570. The molecule has 0 radical (unpaired) electrons. The molecule has 0 N–H and O–H groups in total. The Morgan fingerprint density at radius 2 is 1.76 bits per heavy atom. The largest absolute Gasteiger partial charge is 0.342 e. The van der Waals surface area contributed by atoms with Gasteiger partial charge in [0.15, 0.2) is 0 Å². The van der Waals surface area contributed by atoms with Gasteiger partial charge >= 0.3 is 0 Å². The average molecular weight is 357 g/mol. The second-order valence-electron chi connectivity index (χ2n) is 6.50. The predicted octanol–water partition coefficient (Wildman–Crippen LogP) is 5.30. The van der Waals surface area contributed by atoms with Gasteiger partial charge in [-0.05, 0) is 43.4 Å². The van der Waals surface area contributed by atoms with Crippen LogP contribution in [0.2, 0.25) is 0 Å². The van der Waals surface area contributed by atoms with Gasteiger partial charge in [0.05, 0.1) is 5.75 Å². The van der Waals surface area contributed by atoms with E-state index >= 15 is 0 Å². The maximum absolute atomic E-state index is 13.9. The number of nitrogens with zero attached hydrogens (tertiary/aromatic N) is 1. The maximum Gasteiger partial charge on any atom is 0.232 e. The van der Waals surface area contributed by atoms with Crippen LogP contribution in [0.3, 0.4) is 0 Å². The fourth-order valence-corrected chi connectivity index (χ4v) is 4.08. The van der Waals surface area contributed by atoms with Crippen molar-refractivity contribution >= 4 is 17.7 Å². The Hall–Kier alpha value is -1.81. The molecule has 1 fully saturated rings. The third-order valence-corrected chi connectivity index (χ3v) is 5.92. The van der Waals surface area contributed by atoms with Gasteiger partial charge in [0.2, 0.25) is 5.91 Å². The van der Waals surface area contributed by atoms with Crippen LogP contribution in [0.15, 0.2) is 48.5 Å². The predicted molar refractivity (Wildman–Crippen MR) is 103 cm³/mol. The van der Waals surface area contributed by atoms with E-state index in [2.05, 4.69) is 6.92 Å². The molecular weight excluding hydrogens is 333 g/mol. The van der Waals surface area contributed by atoms with Crippen LogP contribution in [0, 0.1) is 5.82 Å². The molecule has 1 heterocycles. The molecule has 25 heavy (non-hydrogen) atoms. The molecule has 1 aliphatic rings. The van der Waals surface area contributed by atoms with Crippen molar-refractivity contribution in [3.63, 3.8) is 0 Å². The van der Waals surface area contributed by atoms with Crippen LogP contribution >= 0.6 is 11.8 Å². The summed E-state index contributed by atoms with van der Waals surface area (Å²) in [6.07, 6.45) is 3.49.